The van der Waals surface area contributed by atoms with Crippen LogP contribution in [0.1, 0.15) is 209 Å². The summed E-state index contributed by atoms with van der Waals surface area (Å²) in [4.78, 5) is 103. The molecule has 97 heavy (non-hydrogen) atoms. The molecule has 30 nitrogen and oxygen atoms in total. The molecule has 0 aliphatic rings. The van der Waals surface area contributed by atoms with Crippen molar-refractivity contribution in [3.63, 3.8) is 0 Å². The quantitative estimate of drug-likeness (QED) is 0.0257. The first-order valence-electron chi connectivity index (χ1n) is 34.9. The molecule has 0 aliphatic heterocycles. The Hall–Kier alpha value is -7.19. The summed E-state index contributed by atoms with van der Waals surface area (Å²) >= 11 is 5.88. The number of rotatable bonds is 58. The van der Waals surface area contributed by atoms with Crippen LogP contribution in [0.25, 0.3) is 0 Å². The number of carbonyl (C=O) groups is 7. The molecule has 5 amide bonds. The van der Waals surface area contributed by atoms with E-state index in [1.54, 1.807) is 0 Å². The molecule has 2 aromatic rings. The van der Waals surface area contributed by atoms with Crippen LogP contribution in [0.3, 0.4) is 0 Å². The normalized spacial score (nSPS) is 13.4. The predicted octanol–water partition coefficient (Wildman–Crippen LogP) is 2.40. The largest absolute Gasteiger partial charge is 0.492 e. The third-order valence-electron chi connectivity index (χ3n) is 16.5. The number of nitrogens with two attached hydrogens (primary N) is 11. The number of aliphatic imine (C=N–C) groups is 1. The standard InChI is InChI=1S/C66H119ClN22O8/c67-58-60(79)87-59(78)57(86-58)65(96)88-66(80)85-38-16-13-21-45-32-34-46(35-33-45)97-44-43-89(41-19-39-83-63(94)51(72)24-5-1-9-28-53(90)47(68)22-14-17-36-81-61(92)49(70)26-7-3-11-30-55(74)75)42-20-40-84-64(95)52(73)25-6-2-10-29-54(91)48(69)23-15-18-37-82-62(93)50(71)27-8-4-12-31-56(76)77/h32-35,47-52H,1-31,36-44,68-73H2,(H3,74,75)(H3,76,77)(H,81,92)(H,82,93)(H,83,94)(H,84,95)(H4,78,79,87)(H3,80,85,88,96)/t47-,48-,49-,50-,51-,52-/m0/s1. The van der Waals surface area contributed by atoms with Crippen molar-refractivity contribution in [2.75, 3.05) is 70.4 Å². The summed E-state index contributed by atoms with van der Waals surface area (Å²) in [5, 5.41) is 28.5. The molecule has 1 aromatic heterocycles. The molecule has 31 heteroatoms. The van der Waals surface area contributed by atoms with E-state index in [1.807, 2.05) is 24.3 Å². The highest BCUT2D eigenvalue weighted by molar-refractivity contribution is 6.31. The van der Waals surface area contributed by atoms with Gasteiger partial charge < -0.3 is 89.1 Å². The minimum atomic E-state index is -0.711. The van der Waals surface area contributed by atoms with Crippen LogP contribution in [0.5, 0.6) is 5.75 Å². The molecule has 29 N–H and O–H groups in total. The Labute approximate surface area is 578 Å². The first-order chi connectivity index (χ1) is 46.4. The van der Waals surface area contributed by atoms with Gasteiger partial charge in [0, 0.05) is 65.0 Å². The van der Waals surface area contributed by atoms with Gasteiger partial charge in [0.15, 0.2) is 28.4 Å². The van der Waals surface area contributed by atoms with Crippen LogP contribution in [-0.2, 0) is 35.2 Å². The lowest BCUT2D eigenvalue weighted by atomic mass is 10.00. The number of halogens is 1. The zero-order chi connectivity index (χ0) is 71.8. The molecular formula is C66H119ClN22O8. The molecule has 0 bridgehead atoms. The fourth-order valence-corrected chi connectivity index (χ4v) is 10.5. The minimum absolute atomic E-state index is 0.0117. The van der Waals surface area contributed by atoms with E-state index in [2.05, 4.69) is 46.4 Å². The van der Waals surface area contributed by atoms with Gasteiger partial charge in [-0.15, -0.1) is 0 Å². The van der Waals surface area contributed by atoms with Gasteiger partial charge in [-0.3, -0.25) is 59.6 Å². The number of carbonyl (C=O) groups excluding carboxylic acids is 7. The number of hydrogen-bond donors (Lipinski definition) is 18. The topological polar surface area (TPSA) is 564 Å². The fourth-order valence-electron chi connectivity index (χ4n) is 10.4. The van der Waals surface area contributed by atoms with Crippen molar-refractivity contribution in [1.29, 1.82) is 10.8 Å². The summed E-state index contributed by atoms with van der Waals surface area (Å²) in [5.74, 6) is -0.978. The van der Waals surface area contributed by atoms with Crippen molar-refractivity contribution in [1.82, 2.24) is 41.5 Å². The second kappa shape index (κ2) is 52.0. The third-order valence-corrected chi connectivity index (χ3v) is 16.8. The molecule has 0 saturated carbocycles. The average molecular weight is 1380 g/mol. The Kier molecular flexibility index (Phi) is 46.0. The van der Waals surface area contributed by atoms with Crippen LogP contribution < -0.4 is 94.4 Å². The van der Waals surface area contributed by atoms with Gasteiger partial charge in [0.1, 0.15) is 23.9 Å². The number of aromatic nitrogens is 2. The van der Waals surface area contributed by atoms with E-state index >= 15 is 0 Å². The Morgan fingerprint density at radius 2 is 0.866 bits per heavy atom. The zero-order valence-corrected chi connectivity index (χ0v) is 58.1. The summed E-state index contributed by atoms with van der Waals surface area (Å²) in [6.07, 6.45) is 20.2. The van der Waals surface area contributed by atoms with Gasteiger partial charge in [-0.25, -0.2) is 9.97 Å². The van der Waals surface area contributed by atoms with Crippen molar-refractivity contribution in [2.45, 2.75) is 235 Å². The lowest BCUT2D eigenvalue weighted by Gasteiger charge is -2.23. The molecule has 0 radical (unpaired) electrons. The minimum Gasteiger partial charge on any atom is -0.492 e. The molecule has 6 atom stereocenters. The Morgan fingerprint density at radius 3 is 1.29 bits per heavy atom. The highest BCUT2D eigenvalue weighted by Crippen LogP contribution is 2.19. The van der Waals surface area contributed by atoms with Gasteiger partial charge >= 0.3 is 0 Å². The summed E-state index contributed by atoms with van der Waals surface area (Å²) in [5.41, 5.74) is 65.8. The fraction of sp³-hybridized carbons (Fsp3) is 0.697. The first-order valence-corrected chi connectivity index (χ1v) is 35.2. The number of hydrogen-bond acceptors (Lipinski definition) is 22. The van der Waals surface area contributed by atoms with Crippen molar-refractivity contribution < 1.29 is 38.3 Å². The second-order valence-corrected chi connectivity index (χ2v) is 25.4. The number of nitrogen functional groups attached to an aromatic ring is 2. The van der Waals surface area contributed by atoms with Gasteiger partial charge in [0.05, 0.1) is 47.9 Å². The average Bonchev–Trinajstić information content (AvgIpc) is 0.957. The van der Waals surface area contributed by atoms with Crippen LogP contribution in [0, 0.1) is 10.8 Å². The molecule has 0 spiro atoms. The van der Waals surface area contributed by atoms with E-state index in [-0.39, 0.29) is 75.3 Å². The number of aryl methyl sites for hydroxylation is 1. The van der Waals surface area contributed by atoms with Crippen LogP contribution in [0.2, 0.25) is 5.15 Å². The zero-order valence-electron chi connectivity index (χ0n) is 57.3. The van der Waals surface area contributed by atoms with E-state index < -0.39 is 42.2 Å². The van der Waals surface area contributed by atoms with Gasteiger partial charge in [0.2, 0.25) is 23.6 Å². The van der Waals surface area contributed by atoms with Crippen LogP contribution in [-0.4, -0.2) is 169 Å². The molecule has 0 fully saturated rings. The smallest absolute Gasteiger partial charge is 0.280 e. The molecule has 0 saturated heterocycles. The molecule has 1 aromatic carbocycles. The van der Waals surface area contributed by atoms with Crippen LogP contribution in [0.4, 0.5) is 11.6 Å². The highest BCUT2D eigenvalue weighted by Gasteiger charge is 2.21. The number of nitrogens with one attached hydrogen (secondary N) is 7. The van der Waals surface area contributed by atoms with E-state index in [9.17, 15) is 33.6 Å². The number of benzene rings is 1. The lowest BCUT2D eigenvalue weighted by Crippen LogP contribution is -2.42. The van der Waals surface area contributed by atoms with Crippen LogP contribution >= 0.6 is 11.6 Å². The first kappa shape index (κ1) is 85.9. The number of ether oxygens (including phenoxy) is 1. The van der Waals surface area contributed by atoms with Crippen LogP contribution in [0.15, 0.2) is 29.3 Å². The molecular weight excluding hydrogens is 1260 g/mol. The molecule has 0 aliphatic carbocycles. The second-order valence-electron chi connectivity index (χ2n) is 25.0. The van der Waals surface area contributed by atoms with Crippen molar-refractivity contribution in [3.05, 3.63) is 40.7 Å². The Balaban J connectivity index is 1.77. The van der Waals surface area contributed by atoms with Gasteiger partial charge in [-0.2, -0.15) is 0 Å². The summed E-state index contributed by atoms with van der Waals surface area (Å²) in [6.45, 7) is 4.33. The number of guanidine groups is 1. The number of Topliss-reactive ketones (excluding diaryl/α,β-unsaturated/α-hetero) is 2. The number of amidine groups is 2. The number of amides is 5. The van der Waals surface area contributed by atoms with Crippen molar-refractivity contribution in [2.24, 2.45) is 56.6 Å². The molecule has 1 heterocycles. The number of anilines is 2. The lowest BCUT2D eigenvalue weighted by molar-refractivity contribution is -0.123. The van der Waals surface area contributed by atoms with Gasteiger partial charge in [-0.1, -0.05) is 75.1 Å². The Bertz CT molecular complexity index is 2590. The molecule has 2 rings (SSSR count). The Morgan fingerprint density at radius 1 is 0.474 bits per heavy atom. The number of nitrogens with zero attached hydrogens (tertiary/aromatic N) is 4. The number of ketones is 2. The maximum Gasteiger partial charge on any atom is 0.280 e. The molecule has 0 unspecified atom stereocenters. The maximum absolute atomic E-state index is 13.0. The summed E-state index contributed by atoms with van der Waals surface area (Å²) in [6, 6.07) is 4.13. The third kappa shape index (κ3) is 41.6. The van der Waals surface area contributed by atoms with E-state index in [4.69, 9.17) is 90.2 Å². The van der Waals surface area contributed by atoms with E-state index in [0.717, 1.165) is 69.8 Å². The van der Waals surface area contributed by atoms with E-state index in [1.165, 1.54) is 0 Å². The predicted molar refractivity (Wildman–Crippen MR) is 384 cm³/mol. The summed E-state index contributed by atoms with van der Waals surface area (Å²) < 4.78 is 6.16. The van der Waals surface area contributed by atoms with E-state index in [0.29, 0.717) is 200 Å². The van der Waals surface area contributed by atoms with Gasteiger partial charge in [-0.05, 0) is 153 Å². The number of unbranched alkanes of at least 4 members (excludes halogenated alkanes) is 11. The monoisotopic (exact) mass is 1380 g/mol. The van der Waals surface area contributed by atoms with Gasteiger partial charge in [0.25, 0.3) is 5.91 Å². The SMILES string of the molecule is N=C(N)CCCCC[C@H](N)C(=O)NCCCC[C@H](N)C(=O)CCCCC[C@H](N)C(=O)NCCCN(CCCNC(=O)[C@@H](N)CCCCCC(=O)[C@@H](N)CCCCNC(=O)[C@@H](N)CCCCCC(=N)N)CCOc1ccc(CCCCN=C(N)NC(=O)c2nc(Cl)c(N)nc2N)cc1. The highest BCUT2D eigenvalue weighted by atomic mass is 35.5. The summed E-state index contributed by atoms with van der Waals surface area (Å²) in [7, 11) is 0. The maximum atomic E-state index is 13.0. The van der Waals surface area contributed by atoms with Crippen molar-refractivity contribution >= 4 is 82.0 Å². The van der Waals surface area contributed by atoms with Crippen molar-refractivity contribution in [3.8, 4) is 5.75 Å². The molecule has 548 valence electrons.